The van der Waals surface area contributed by atoms with E-state index in [0.29, 0.717) is 12.1 Å². The highest BCUT2D eigenvalue weighted by molar-refractivity contribution is 5.84. The van der Waals surface area contributed by atoms with Crippen LogP contribution in [0, 0.1) is 5.41 Å². The number of nitrogens with one attached hydrogen (secondary N) is 1. The van der Waals surface area contributed by atoms with Crippen molar-refractivity contribution in [1.29, 1.82) is 0 Å². The highest BCUT2D eigenvalue weighted by Crippen LogP contribution is 2.55. The summed E-state index contributed by atoms with van der Waals surface area (Å²) in [5, 5.41) is 2.74. The predicted octanol–water partition coefficient (Wildman–Crippen LogP) is 2.60. The lowest BCUT2D eigenvalue weighted by molar-refractivity contribution is -0.136. The van der Waals surface area contributed by atoms with Gasteiger partial charge in [0.05, 0.1) is 6.54 Å². The number of fused-ring (bicyclic) bond motifs is 1. The average Bonchev–Trinajstić information content (AvgIpc) is 2.82. The predicted molar refractivity (Wildman–Crippen MR) is 110 cm³/mol. The number of hydrogen-bond donors (Lipinski definition) is 1. The minimum atomic E-state index is -0.140. The van der Waals surface area contributed by atoms with Gasteiger partial charge >= 0.3 is 0 Å². The molecule has 2 heterocycles. The van der Waals surface area contributed by atoms with Gasteiger partial charge in [-0.25, -0.2) is 0 Å². The van der Waals surface area contributed by atoms with Crippen LogP contribution >= 0.6 is 0 Å². The number of benzene rings is 1. The van der Waals surface area contributed by atoms with Crippen LogP contribution in [0.1, 0.15) is 51.5 Å². The van der Waals surface area contributed by atoms with Gasteiger partial charge in [-0.2, -0.15) is 0 Å². The third kappa shape index (κ3) is 3.24. The number of amides is 2. The van der Waals surface area contributed by atoms with Gasteiger partial charge in [-0.3, -0.25) is 14.5 Å². The summed E-state index contributed by atoms with van der Waals surface area (Å²) in [6, 6.07) is 12.0. The number of piperidine rings is 1. The van der Waals surface area contributed by atoms with E-state index >= 15 is 0 Å². The Labute approximate surface area is 168 Å². The fraction of sp³-hybridized carbons (Fsp3) is 0.652. The Kier molecular flexibility index (Phi) is 5.21. The van der Waals surface area contributed by atoms with Crippen molar-refractivity contribution >= 4 is 11.8 Å². The summed E-state index contributed by atoms with van der Waals surface area (Å²) in [7, 11) is 2.27. The van der Waals surface area contributed by atoms with E-state index in [0.717, 1.165) is 19.3 Å². The zero-order valence-electron chi connectivity index (χ0n) is 17.4. The molecule has 2 aliphatic heterocycles. The molecule has 3 aliphatic rings. The second kappa shape index (κ2) is 7.51. The van der Waals surface area contributed by atoms with E-state index < -0.39 is 0 Å². The van der Waals surface area contributed by atoms with Crippen molar-refractivity contribution in [1.82, 2.24) is 15.1 Å². The molecule has 1 saturated carbocycles. The van der Waals surface area contributed by atoms with Gasteiger partial charge < -0.3 is 10.2 Å². The van der Waals surface area contributed by atoms with Gasteiger partial charge in [-0.15, -0.1) is 0 Å². The van der Waals surface area contributed by atoms with Crippen LogP contribution in [0.4, 0.5) is 0 Å². The topological polar surface area (TPSA) is 52.7 Å². The van der Waals surface area contributed by atoms with Gasteiger partial charge in [0.25, 0.3) is 0 Å². The van der Waals surface area contributed by atoms with E-state index in [1.54, 1.807) is 0 Å². The van der Waals surface area contributed by atoms with E-state index in [1.807, 2.05) is 0 Å². The first-order valence-corrected chi connectivity index (χ1v) is 10.7. The summed E-state index contributed by atoms with van der Waals surface area (Å²) in [6.45, 7) is 4.00. The molecule has 3 fully saturated rings. The van der Waals surface area contributed by atoms with Gasteiger partial charge in [0, 0.05) is 36.5 Å². The van der Waals surface area contributed by atoms with Crippen molar-refractivity contribution in [2.75, 3.05) is 13.6 Å². The highest BCUT2D eigenvalue weighted by Gasteiger charge is 2.61. The van der Waals surface area contributed by atoms with Crippen molar-refractivity contribution in [2.24, 2.45) is 5.41 Å². The first-order valence-electron chi connectivity index (χ1n) is 10.7. The zero-order chi connectivity index (χ0) is 19.9. The highest BCUT2D eigenvalue weighted by atomic mass is 16.2. The Hall–Kier alpha value is -1.88. The Morgan fingerprint density at radius 1 is 1.14 bits per heavy atom. The molecule has 2 amide bonds. The van der Waals surface area contributed by atoms with Crippen LogP contribution in [-0.2, 0) is 16.0 Å². The zero-order valence-corrected chi connectivity index (χ0v) is 17.4. The van der Waals surface area contributed by atoms with Gasteiger partial charge in [0.15, 0.2) is 0 Å². The molecule has 4 rings (SSSR count). The van der Waals surface area contributed by atoms with Crippen LogP contribution in [0.5, 0.6) is 0 Å². The van der Waals surface area contributed by atoms with Crippen molar-refractivity contribution in [3.8, 4) is 0 Å². The Bertz CT molecular complexity index is 737. The lowest BCUT2D eigenvalue weighted by Crippen LogP contribution is -2.58. The molecule has 5 atom stereocenters. The minimum Gasteiger partial charge on any atom is -0.347 e. The largest absolute Gasteiger partial charge is 0.347 e. The van der Waals surface area contributed by atoms with E-state index in [9.17, 15) is 9.59 Å². The summed E-state index contributed by atoms with van der Waals surface area (Å²) >= 11 is 0. The molecule has 0 spiro atoms. The molecule has 1 aromatic rings. The van der Waals surface area contributed by atoms with Crippen molar-refractivity contribution in [3.63, 3.8) is 0 Å². The average molecular weight is 384 g/mol. The Balaban J connectivity index is 1.67. The van der Waals surface area contributed by atoms with Gasteiger partial charge in [-0.1, -0.05) is 50.1 Å². The van der Waals surface area contributed by atoms with Crippen LogP contribution in [0.2, 0.25) is 0 Å². The smallest absolute Gasteiger partial charge is 0.242 e. The number of rotatable bonds is 4. The number of nitrogens with zero attached hydrogens (tertiary/aromatic N) is 2. The van der Waals surface area contributed by atoms with E-state index in [4.69, 9.17) is 0 Å². The minimum absolute atomic E-state index is 0.0861. The van der Waals surface area contributed by atoms with E-state index in [-0.39, 0.29) is 35.9 Å². The second-order valence-electron chi connectivity index (χ2n) is 9.23. The van der Waals surface area contributed by atoms with Gasteiger partial charge in [0.1, 0.15) is 0 Å². The molecule has 2 bridgehead atoms. The third-order valence-corrected chi connectivity index (χ3v) is 7.59. The summed E-state index contributed by atoms with van der Waals surface area (Å²) < 4.78 is 0. The number of carbonyl (C=O) groups is 2. The quantitative estimate of drug-likeness (QED) is 0.870. The van der Waals surface area contributed by atoms with Crippen LogP contribution in [-0.4, -0.2) is 59.4 Å². The molecule has 0 aromatic heterocycles. The SMILES string of the molecule is CC(=O)NCC(=O)N1[C@H]2CCCC[C@H]3N(C)[C@@H](Cc4ccccc4)[C@@H]1C[C@@]23C. The summed E-state index contributed by atoms with van der Waals surface area (Å²) in [4.78, 5) is 29.4. The van der Waals surface area contributed by atoms with Gasteiger partial charge in [0.2, 0.25) is 11.8 Å². The molecule has 0 radical (unpaired) electrons. The third-order valence-electron chi connectivity index (χ3n) is 7.59. The molecule has 2 saturated heterocycles. The molecular formula is C23H33N3O2. The van der Waals surface area contributed by atoms with Crippen LogP contribution in [0.25, 0.3) is 0 Å². The van der Waals surface area contributed by atoms with E-state index in [2.05, 4.69) is 59.4 Å². The molecule has 0 unspecified atom stereocenters. The molecule has 28 heavy (non-hydrogen) atoms. The first-order chi connectivity index (χ1) is 13.4. The lowest BCUT2D eigenvalue weighted by atomic mass is 9.69. The fourth-order valence-corrected chi connectivity index (χ4v) is 6.34. The van der Waals surface area contributed by atoms with Crippen molar-refractivity contribution < 1.29 is 9.59 Å². The van der Waals surface area contributed by atoms with Gasteiger partial charge in [-0.05, 0) is 38.3 Å². The molecule has 152 valence electrons. The number of likely N-dealkylation sites (tertiary alicyclic amines) is 2. The lowest BCUT2D eigenvalue weighted by Gasteiger charge is -2.49. The normalized spacial score (nSPS) is 34.8. The summed E-state index contributed by atoms with van der Waals surface area (Å²) in [6.07, 6.45) is 6.76. The Morgan fingerprint density at radius 3 is 2.50 bits per heavy atom. The molecular weight excluding hydrogens is 350 g/mol. The molecule has 1 aliphatic carbocycles. The maximum Gasteiger partial charge on any atom is 0.242 e. The van der Waals surface area contributed by atoms with Crippen molar-refractivity contribution in [2.45, 2.75) is 76.5 Å². The molecule has 1 aromatic carbocycles. The summed E-state index contributed by atoms with van der Waals surface area (Å²) in [5.74, 6) is -0.0543. The summed E-state index contributed by atoms with van der Waals surface area (Å²) in [5.41, 5.74) is 1.48. The maximum atomic E-state index is 13.2. The van der Waals surface area contributed by atoms with Crippen molar-refractivity contribution in [3.05, 3.63) is 35.9 Å². The molecule has 5 heteroatoms. The maximum absolute atomic E-state index is 13.2. The fourth-order valence-electron chi connectivity index (χ4n) is 6.34. The number of carbonyl (C=O) groups excluding carboxylic acids is 2. The number of hydrogen-bond acceptors (Lipinski definition) is 3. The van der Waals surface area contributed by atoms with Crippen LogP contribution < -0.4 is 5.32 Å². The van der Waals surface area contributed by atoms with Crippen LogP contribution in [0.3, 0.4) is 0 Å². The second-order valence-corrected chi connectivity index (χ2v) is 9.23. The first kappa shape index (κ1) is 19.4. The standard InChI is InChI=1S/C23H33N3O2/c1-16(27)24-15-22(28)26-19-14-23(2)20(11-7-8-12-21(23)26)25(3)18(19)13-17-9-5-4-6-10-17/h4-6,9-10,18-21H,7-8,11-15H2,1-3H3,(H,24,27)/t18-,19-,20+,21-,23+/m0/s1. The Morgan fingerprint density at radius 2 is 1.82 bits per heavy atom. The monoisotopic (exact) mass is 383 g/mol. The van der Waals surface area contributed by atoms with E-state index in [1.165, 1.54) is 31.7 Å². The van der Waals surface area contributed by atoms with Crippen LogP contribution in [0.15, 0.2) is 30.3 Å². The molecule has 1 N–H and O–H groups in total. The number of likely N-dealkylation sites (N-methyl/N-ethyl adjacent to an activating group) is 1. The molecule has 5 nitrogen and oxygen atoms in total.